The van der Waals surface area contributed by atoms with Crippen molar-refractivity contribution < 1.29 is 52.8 Å². The molecule has 14 nitrogen and oxygen atoms in total. The number of carboxylic acids is 1. The van der Waals surface area contributed by atoms with E-state index in [0.29, 0.717) is 23.5 Å². The smallest absolute Gasteiger partial charge is 0.407 e. The highest BCUT2D eigenvalue weighted by Gasteiger charge is 2.37. The molecule has 0 aromatic heterocycles. The highest BCUT2D eigenvalue weighted by atomic mass is 16.6. The predicted octanol–water partition coefficient (Wildman–Crippen LogP) is 6.21. The fourth-order valence-corrected chi connectivity index (χ4v) is 6.45. The monoisotopic (exact) mass is 773 g/mol. The van der Waals surface area contributed by atoms with Crippen molar-refractivity contribution in [1.82, 2.24) is 15.5 Å². The lowest BCUT2D eigenvalue weighted by molar-refractivity contribution is -0.153. The molecular weight excluding hydrogens is 722 g/mol. The summed E-state index contributed by atoms with van der Waals surface area (Å²) in [6, 6.07) is 17.5. The van der Waals surface area contributed by atoms with Gasteiger partial charge in [-0.2, -0.15) is 0 Å². The molecule has 3 N–H and O–H groups in total. The molecular formula is C42H51N3O11. The summed E-state index contributed by atoms with van der Waals surface area (Å²) in [6.07, 6.45) is -0.250. The lowest BCUT2D eigenvalue weighted by Crippen LogP contribution is -2.54. The number of aliphatic carboxylic acids is 1. The number of esters is 1. The molecule has 0 aliphatic heterocycles. The first kappa shape index (κ1) is 42.7. The maximum atomic E-state index is 14.6. The standard InChI is InChI=1S/C42H51N3O11/c1-7-22-54-37(46)24-34(44-41(51)55-26-33-31-16-10-8-14-29(31)30-15-9-11-17-32(30)33)38(47)45(25-27-19-20-28(52-5)23-36(27)53-6)35(39(48)49)18-12-13-21-43-40(50)56-42(2,3)4/h7-11,14-17,19-20,23,33-35H,1,12-13,18,21-22,24-26H2,2-6H3,(H,43,50)(H,44,51)(H,48,49)/t34-,35-/m0/s1. The summed E-state index contributed by atoms with van der Waals surface area (Å²) in [5.74, 6) is -2.51. The van der Waals surface area contributed by atoms with E-state index in [9.17, 15) is 29.1 Å². The van der Waals surface area contributed by atoms with Crippen LogP contribution in [0.1, 0.15) is 69.1 Å². The van der Waals surface area contributed by atoms with Gasteiger partial charge in [-0.15, -0.1) is 0 Å². The molecule has 0 spiro atoms. The van der Waals surface area contributed by atoms with Gasteiger partial charge in [0.25, 0.3) is 0 Å². The van der Waals surface area contributed by atoms with Crippen LogP contribution in [-0.2, 0) is 35.1 Å². The second-order valence-corrected chi connectivity index (χ2v) is 14.1. The Kier molecular flexibility index (Phi) is 15.3. The van der Waals surface area contributed by atoms with Crippen LogP contribution >= 0.6 is 0 Å². The summed E-state index contributed by atoms with van der Waals surface area (Å²) in [4.78, 5) is 67.2. The molecule has 2 atom stereocenters. The maximum absolute atomic E-state index is 14.6. The molecule has 1 aliphatic rings. The van der Waals surface area contributed by atoms with Gasteiger partial charge < -0.3 is 44.3 Å². The fourth-order valence-electron chi connectivity index (χ4n) is 6.45. The van der Waals surface area contributed by atoms with Crippen molar-refractivity contribution in [1.29, 1.82) is 0 Å². The van der Waals surface area contributed by atoms with Crippen molar-refractivity contribution in [2.24, 2.45) is 0 Å². The number of rotatable bonds is 19. The third kappa shape index (κ3) is 11.7. The molecule has 1 aliphatic carbocycles. The number of fused-ring (bicyclic) bond motifs is 3. The van der Waals surface area contributed by atoms with E-state index in [1.807, 2.05) is 48.5 Å². The Morgan fingerprint density at radius 3 is 2.14 bits per heavy atom. The van der Waals surface area contributed by atoms with E-state index in [1.54, 1.807) is 39.0 Å². The first-order valence-electron chi connectivity index (χ1n) is 18.3. The highest BCUT2D eigenvalue weighted by Crippen LogP contribution is 2.44. The van der Waals surface area contributed by atoms with Crippen LogP contribution in [0.5, 0.6) is 11.5 Å². The van der Waals surface area contributed by atoms with E-state index >= 15 is 0 Å². The fraction of sp³-hybridized carbons (Fsp3) is 0.405. The third-order valence-electron chi connectivity index (χ3n) is 9.02. The summed E-state index contributed by atoms with van der Waals surface area (Å²) in [7, 11) is 2.90. The van der Waals surface area contributed by atoms with Crippen molar-refractivity contribution in [2.45, 2.75) is 76.6 Å². The molecule has 300 valence electrons. The van der Waals surface area contributed by atoms with Crippen LogP contribution in [0.25, 0.3) is 11.1 Å². The normalized spacial score (nSPS) is 12.9. The molecule has 0 bridgehead atoms. The van der Waals surface area contributed by atoms with Crippen LogP contribution in [0, 0.1) is 0 Å². The molecule has 3 amide bonds. The number of alkyl carbamates (subject to hydrolysis) is 2. The highest BCUT2D eigenvalue weighted by molar-refractivity contribution is 5.92. The zero-order valence-electron chi connectivity index (χ0n) is 32.5. The molecule has 4 rings (SSSR count). The summed E-state index contributed by atoms with van der Waals surface area (Å²) < 4.78 is 27.0. The summed E-state index contributed by atoms with van der Waals surface area (Å²) in [5.41, 5.74) is 3.76. The lowest BCUT2D eigenvalue weighted by Gasteiger charge is -2.33. The largest absolute Gasteiger partial charge is 0.497 e. The quantitative estimate of drug-likeness (QED) is 0.0546. The van der Waals surface area contributed by atoms with Gasteiger partial charge in [0.15, 0.2) is 0 Å². The Labute approximate surface area is 327 Å². The maximum Gasteiger partial charge on any atom is 0.407 e. The minimum atomic E-state index is -1.58. The van der Waals surface area contributed by atoms with E-state index in [-0.39, 0.29) is 45.1 Å². The van der Waals surface area contributed by atoms with Gasteiger partial charge in [0.05, 0.1) is 27.2 Å². The molecule has 3 aromatic carbocycles. The van der Waals surface area contributed by atoms with Crippen LogP contribution in [0.3, 0.4) is 0 Å². The van der Waals surface area contributed by atoms with Crippen molar-refractivity contribution >= 4 is 30.0 Å². The minimum absolute atomic E-state index is 0.0336. The van der Waals surface area contributed by atoms with Gasteiger partial charge >= 0.3 is 24.1 Å². The SMILES string of the molecule is C=CCOC(=O)C[C@H](NC(=O)OCC1c2ccccc2-c2ccccc21)C(=O)N(Cc1ccc(OC)cc1OC)[C@@H](CCCCNC(=O)OC(C)(C)C)C(=O)O. The number of carbonyl (C=O) groups excluding carboxylic acids is 4. The molecule has 3 aromatic rings. The van der Waals surface area contributed by atoms with Crippen molar-refractivity contribution in [2.75, 3.05) is 34.0 Å². The Hall–Kier alpha value is -6.05. The number of benzene rings is 3. The Morgan fingerprint density at radius 2 is 1.55 bits per heavy atom. The van der Waals surface area contributed by atoms with Gasteiger partial charge in [0.1, 0.15) is 42.4 Å². The van der Waals surface area contributed by atoms with E-state index in [1.165, 1.54) is 20.3 Å². The van der Waals surface area contributed by atoms with Crippen molar-refractivity contribution in [3.05, 3.63) is 96.1 Å². The third-order valence-corrected chi connectivity index (χ3v) is 9.02. The molecule has 0 saturated heterocycles. The number of ether oxygens (including phenoxy) is 5. The summed E-state index contributed by atoms with van der Waals surface area (Å²) in [5, 5.41) is 15.7. The minimum Gasteiger partial charge on any atom is -0.497 e. The van der Waals surface area contributed by atoms with Gasteiger partial charge in [0.2, 0.25) is 5.91 Å². The number of hydrogen-bond acceptors (Lipinski definition) is 10. The van der Waals surface area contributed by atoms with Crippen LogP contribution in [0.2, 0.25) is 0 Å². The number of unbranched alkanes of at least 4 members (excludes halogenated alkanes) is 1. The number of carbonyl (C=O) groups is 5. The second kappa shape index (κ2) is 20.0. The number of amides is 3. The molecule has 14 heteroatoms. The Bertz CT molecular complexity index is 1830. The first-order valence-corrected chi connectivity index (χ1v) is 18.3. The van der Waals surface area contributed by atoms with Crippen LogP contribution in [0.15, 0.2) is 79.4 Å². The average Bonchev–Trinajstić information content (AvgIpc) is 3.49. The van der Waals surface area contributed by atoms with Gasteiger partial charge in [-0.3, -0.25) is 9.59 Å². The Morgan fingerprint density at radius 1 is 0.893 bits per heavy atom. The van der Waals surface area contributed by atoms with Crippen LogP contribution in [0.4, 0.5) is 9.59 Å². The Balaban J connectivity index is 1.59. The molecule has 0 fully saturated rings. The summed E-state index contributed by atoms with van der Waals surface area (Å²) in [6.45, 7) is 8.47. The van der Waals surface area contributed by atoms with Crippen LogP contribution < -0.4 is 20.1 Å². The number of nitrogens with one attached hydrogen (secondary N) is 2. The van der Waals surface area contributed by atoms with E-state index < -0.39 is 54.1 Å². The summed E-state index contributed by atoms with van der Waals surface area (Å²) >= 11 is 0. The van der Waals surface area contributed by atoms with Gasteiger partial charge in [-0.05, 0) is 74.4 Å². The number of carboxylic acid groups (broad SMARTS) is 1. The van der Waals surface area contributed by atoms with E-state index in [0.717, 1.165) is 27.2 Å². The van der Waals surface area contributed by atoms with Crippen molar-refractivity contribution in [3.8, 4) is 22.6 Å². The molecule has 0 unspecified atom stereocenters. The zero-order chi connectivity index (χ0) is 40.8. The number of hydrogen-bond donors (Lipinski definition) is 3. The van der Waals surface area contributed by atoms with Crippen molar-refractivity contribution in [3.63, 3.8) is 0 Å². The number of methoxy groups -OCH3 is 2. The topological polar surface area (TPSA) is 179 Å². The van der Waals surface area contributed by atoms with Gasteiger partial charge in [0, 0.05) is 24.1 Å². The zero-order valence-corrected chi connectivity index (χ0v) is 32.5. The molecule has 56 heavy (non-hydrogen) atoms. The molecule has 0 heterocycles. The second-order valence-electron chi connectivity index (χ2n) is 14.1. The van der Waals surface area contributed by atoms with Gasteiger partial charge in [-0.25, -0.2) is 14.4 Å². The van der Waals surface area contributed by atoms with Gasteiger partial charge in [-0.1, -0.05) is 61.2 Å². The predicted molar refractivity (Wildman–Crippen MR) is 207 cm³/mol. The van der Waals surface area contributed by atoms with E-state index in [2.05, 4.69) is 17.2 Å². The average molecular weight is 774 g/mol. The lowest BCUT2D eigenvalue weighted by atomic mass is 9.98. The van der Waals surface area contributed by atoms with E-state index in [4.69, 9.17) is 23.7 Å². The molecule has 0 saturated carbocycles. The first-order chi connectivity index (χ1) is 26.8. The number of nitrogens with zero attached hydrogens (tertiary/aromatic N) is 1. The van der Waals surface area contributed by atoms with Crippen LogP contribution in [-0.4, -0.2) is 91.7 Å². The molecule has 0 radical (unpaired) electrons.